The molecule has 0 saturated carbocycles. The molecule has 18 heavy (non-hydrogen) atoms. The third-order valence-corrected chi connectivity index (χ3v) is 2.20. The average molecular weight is 255 g/mol. The highest BCUT2D eigenvalue weighted by atomic mass is 16.6. The van der Waals surface area contributed by atoms with Crippen molar-refractivity contribution in [3.63, 3.8) is 0 Å². The number of carbonyl (C=O) groups excluding carboxylic acids is 1. The zero-order chi connectivity index (χ0) is 13.7. The van der Waals surface area contributed by atoms with Crippen LogP contribution in [0, 0.1) is 10.1 Å². The highest BCUT2D eigenvalue weighted by Crippen LogP contribution is 2.39. The largest absolute Gasteiger partial charge is 0.493 e. The van der Waals surface area contributed by atoms with Crippen molar-refractivity contribution in [3.8, 4) is 11.5 Å². The lowest BCUT2D eigenvalue weighted by Gasteiger charge is -2.10. The van der Waals surface area contributed by atoms with Crippen molar-refractivity contribution in [2.45, 2.75) is 6.92 Å². The number of hydrogen-bond donors (Lipinski definition) is 0. The molecule has 0 atom stereocenters. The van der Waals surface area contributed by atoms with Gasteiger partial charge in [-0.05, 0) is 19.1 Å². The Hall–Kier alpha value is -2.31. The fourth-order valence-electron chi connectivity index (χ4n) is 1.47. The van der Waals surface area contributed by atoms with E-state index in [0.29, 0.717) is 0 Å². The molecular weight excluding hydrogens is 242 g/mol. The van der Waals surface area contributed by atoms with Crippen LogP contribution in [0.25, 0.3) is 0 Å². The molecule has 0 aliphatic carbocycles. The predicted molar refractivity (Wildman–Crippen MR) is 62.2 cm³/mol. The summed E-state index contributed by atoms with van der Waals surface area (Å²) in [6, 6.07) is 2.69. The van der Waals surface area contributed by atoms with Gasteiger partial charge in [-0.2, -0.15) is 0 Å². The van der Waals surface area contributed by atoms with E-state index in [1.54, 1.807) is 6.92 Å². The first-order valence-corrected chi connectivity index (χ1v) is 5.13. The molecule has 0 aliphatic rings. The Morgan fingerprint density at radius 2 is 2.00 bits per heavy atom. The second kappa shape index (κ2) is 5.85. The monoisotopic (exact) mass is 255 g/mol. The van der Waals surface area contributed by atoms with E-state index < -0.39 is 16.6 Å². The second-order valence-corrected chi connectivity index (χ2v) is 3.17. The molecule has 0 aromatic heterocycles. The first kappa shape index (κ1) is 13.8. The molecule has 7 heteroatoms. The number of ether oxygens (including phenoxy) is 3. The number of hydrogen-bond acceptors (Lipinski definition) is 6. The summed E-state index contributed by atoms with van der Waals surface area (Å²) in [4.78, 5) is 22.0. The summed E-state index contributed by atoms with van der Waals surface area (Å²) in [7, 11) is 2.62. The van der Waals surface area contributed by atoms with Crippen molar-refractivity contribution < 1.29 is 23.9 Å². The topological polar surface area (TPSA) is 87.9 Å². The van der Waals surface area contributed by atoms with Crippen LogP contribution >= 0.6 is 0 Å². The SMILES string of the molecule is CCOC(=O)c1ccc(OC)c(OC)c1[N+](=O)[O-]. The lowest BCUT2D eigenvalue weighted by Crippen LogP contribution is -2.09. The van der Waals surface area contributed by atoms with Crippen molar-refractivity contribution >= 4 is 11.7 Å². The van der Waals surface area contributed by atoms with Crippen LogP contribution in [-0.2, 0) is 4.74 Å². The molecular formula is C11H13NO6. The van der Waals surface area contributed by atoms with Crippen LogP contribution in [0.4, 0.5) is 5.69 Å². The van der Waals surface area contributed by atoms with Crippen LogP contribution in [0.2, 0.25) is 0 Å². The zero-order valence-corrected chi connectivity index (χ0v) is 10.3. The quantitative estimate of drug-likeness (QED) is 0.452. The van der Waals surface area contributed by atoms with Crippen LogP contribution in [0.3, 0.4) is 0 Å². The molecule has 0 N–H and O–H groups in total. The minimum atomic E-state index is -0.773. The molecule has 0 aliphatic heterocycles. The maximum Gasteiger partial charge on any atom is 0.345 e. The minimum Gasteiger partial charge on any atom is -0.493 e. The van der Waals surface area contributed by atoms with Gasteiger partial charge in [0.1, 0.15) is 5.56 Å². The molecule has 0 fully saturated rings. The lowest BCUT2D eigenvalue weighted by atomic mass is 10.1. The number of nitro groups is 1. The highest BCUT2D eigenvalue weighted by Gasteiger charge is 2.29. The Balaban J connectivity index is 3.44. The Kier molecular flexibility index (Phi) is 4.47. The number of benzene rings is 1. The summed E-state index contributed by atoms with van der Waals surface area (Å²) in [5, 5.41) is 11.0. The van der Waals surface area contributed by atoms with Crippen LogP contribution in [0.5, 0.6) is 11.5 Å². The molecule has 1 aromatic rings. The van der Waals surface area contributed by atoms with Crippen LogP contribution < -0.4 is 9.47 Å². The Morgan fingerprint density at radius 3 is 2.44 bits per heavy atom. The van der Waals surface area contributed by atoms with Crippen molar-refractivity contribution in [2.75, 3.05) is 20.8 Å². The summed E-state index contributed by atoms with van der Waals surface area (Å²) >= 11 is 0. The first-order chi connectivity index (χ1) is 8.56. The molecule has 1 aromatic carbocycles. The van der Waals surface area contributed by atoms with Gasteiger partial charge in [0.25, 0.3) is 0 Å². The average Bonchev–Trinajstić information content (AvgIpc) is 2.36. The summed E-state index contributed by atoms with van der Waals surface area (Å²) < 4.78 is 14.6. The lowest BCUT2D eigenvalue weighted by molar-refractivity contribution is -0.386. The van der Waals surface area contributed by atoms with Gasteiger partial charge < -0.3 is 14.2 Å². The van der Waals surface area contributed by atoms with E-state index in [4.69, 9.17) is 14.2 Å². The Bertz CT molecular complexity index is 471. The maximum atomic E-state index is 11.6. The molecule has 0 bridgehead atoms. The van der Waals surface area contributed by atoms with Gasteiger partial charge in [0.05, 0.1) is 25.7 Å². The van der Waals surface area contributed by atoms with Gasteiger partial charge in [0.2, 0.25) is 5.75 Å². The number of rotatable bonds is 5. The molecule has 0 unspecified atom stereocenters. The van der Waals surface area contributed by atoms with Crippen molar-refractivity contribution in [1.82, 2.24) is 0 Å². The van der Waals surface area contributed by atoms with E-state index in [0.717, 1.165) is 0 Å². The van der Waals surface area contributed by atoms with Gasteiger partial charge in [-0.1, -0.05) is 0 Å². The summed E-state index contributed by atoms with van der Waals surface area (Å²) in [5.41, 5.74) is -0.630. The van der Waals surface area contributed by atoms with Crippen LogP contribution in [-0.4, -0.2) is 31.7 Å². The number of carbonyl (C=O) groups is 1. The normalized spacial score (nSPS) is 9.72. The van der Waals surface area contributed by atoms with Gasteiger partial charge in [-0.15, -0.1) is 0 Å². The molecule has 0 spiro atoms. The molecule has 7 nitrogen and oxygen atoms in total. The van der Waals surface area contributed by atoms with E-state index in [9.17, 15) is 14.9 Å². The second-order valence-electron chi connectivity index (χ2n) is 3.17. The molecule has 1 rings (SSSR count). The number of nitrogens with zero attached hydrogens (tertiary/aromatic N) is 1. The van der Waals surface area contributed by atoms with E-state index in [-0.39, 0.29) is 23.7 Å². The van der Waals surface area contributed by atoms with E-state index >= 15 is 0 Å². The molecule has 0 saturated heterocycles. The predicted octanol–water partition coefficient (Wildman–Crippen LogP) is 1.79. The van der Waals surface area contributed by atoms with Gasteiger partial charge in [0.15, 0.2) is 5.75 Å². The Labute approximate surface area is 103 Å². The third kappa shape index (κ3) is 2.50. The van der Waals surface area contributed by atoms with Crippen LogP contribution in [0.15, 0.2) is 12.1 Å². The number of methoxy groups -OCH3 is 2. The zero-order valence-electron chi connectivity index (χ0n) is 10.3. The van der Waals surface area contributed by atoms with E-state index in [1.165, 1.54) is 26.4 Å². The van der Waals surface area contributed by atoms with Gasteiger partial charge in [-0.25, -0.2) is 4.79 Å². The van der Waals surface area contributed by atoms with Gasteiger partial charge in [0, 0.05) is 0 Å². The van der Waals surface area contributed by atoms with E-state index in [1.807, 2.05) is 0 Å². The fourth-order valence-corrected chi connectivity index (χ4v) is 1.47. The van der Waals surface area contributed by atoms with Crippen molar-refractivity contribution in [1.29, 1.82) is 0 Å². The smallest absolute Gasteiger partial charge is 0.345 e. The summed E-state index contributed by atoms with van der Waals surface area (Å²) in [6.07, 6.45) is 0. The molecule has 98 valence electrons. The summed E-state index contributed by atoms with van der Waals surface area (Å²) in [6.45, 7) is 1.74. The van der Waals surface area contributed by atoms with Gasteiger partial charge in [-0.3, -0.25) is 10.1 Å². The third-order valence-electron chi connectivity index (χ3n) is 2.20. The molecule has 0 radical (unpaired) electrons. The minimum absolute atomic E-state index is 0.104. The number of esters is 1. The highest BCUT2D eigenvalue weighted by molar-refractivity contribution is 5.95. The first-order valence-electron chi connectivity index (χ1n) is 5.13. The van der Waals surface area contributed by atoms with Crippen LogP contribution in [0.1, 0.15) is 17.3 Å². The maximum absolute atomic E-state index is 11.6. The van der Waals surface area contributed by atoms with Crippen molar-refractivity contribution in [2.24, 2.45) is 0 Å². The standard InChI is InChI=1S/C11H13NO6/c1-4-18-11(13)7-5-6-8(16-2)10(17-3)9(7)12(14)15/h5-6H,4H2,1-3H3. The fraction of sp³-hybridized carbons (Fsp3) is 0.364. The number of nitro benzene ring substituents is 1. The molecule has 0 amide bonds. The van der Waals surface area contributed by atoms with E-state index in [2.05, 4.69) is 0 Å². The van der Waals surface area contributed by atoms with Crippen molar-refractivity contribution in [3.05, 3.63) is 27.8 Å². The Morgan fingerprint density at radius 1 is 1.33 bits per heavy atom. The molecule has 0 heterocycles. The summed E-state index contributed by atoms with van der Waals surface area (Å²) in [5.74, 6) is -0.699. The van der Waals surface area contributed by atoms with Gasteiger partial charge >= 0.3 is 11.7 Å².